The van der Waals surface area contributed by atoms with Gasteiger partial charge in [0.2, 0.25) is 0 Å². The predicted molar refractivity (Wildman–Crippen MR) is 49.7 cm³/mol. The Kier molecular flexibility index (Phi) is 6.59. The second-order valence-electron chi connectivity index (χ2n) is 2.38. The Bertz CT molecular complexity index is 357. The van der Waals surface area contributed by atoms with Crippen LogP contribution in [0.5, 0.6) is 0 Å². The SMILES string of the molecule is NCCOS(=O)(=O)c1ccccc1.[H-].[Na+]. The maximum atomic E-state index is 11.3. The van der Waals surface area contributed by atoms with Crippen molar-refractivity contribution in [3.8, 4) is 0 Å². The third-order valence-corrected chi connectivity index (χ3v) is 2.71. The second-order valence-corrected chi connectivity index (χ2v) is 3.99. The van der Waals surface area contributed by atoms with Gasteiger partial charge in [-0.05, 0) is 12.1 Å². The standard InChI is InChI=1S/C8H11NO3S.Na.H/c9-6-7-12-13(10,11)8-4-2-1-3-5-8;;/h1-5H,6-7,9H2;;/q;+1;-1. The molecular formula is C8H12NNaO3S. The van der Waals surface area contributed by atoms with E-state index in [2.05, 4.69) is 4.18 Å². The van der Waals surface area contributed by atoms with Crippen LogP contribution in [0.3, 0.4) is 0 Å². The molecule has 0 aromatic heterocycles. The summed E-state index contributed by atoms with van der Waals surface area (Å²) in [5.74, 6) is 0. The molecule has 0 unspecified atom stereocenters. The van der Waals surface area contributed by atoms with E-state index in [1.165, 1.54) is 12.1 Å². The summed E-state index contributed by atoms with van der Waals surface area (Å²) in [6.45, 7) is 0.198. The van der Waals surface area contributed by atoms with Crippen molar-refractivity contribution in [3.05, 3.63) is 30.3 Å². The van der Waals surface area contributed by atoms with Crippen molar-refractivity contribution in [3.63, 3.8) is 0 Å². The second kappa shape index (κ2) is 6.55. The molecule has 6 heteroatoms. The van der Waals surface area contributed by atoms with Gasteiger partial charge in [0.05, 0.1) is 11.5 Å². The van der Waals surface area contributed by atoms with E-state index < -0.39 is 10.1 Å². The molecule has 1 rings (SSSR count). The summed E-state index contributed by atoms with van der Waals surface area (Å²) in [7, 11) is -3.60. The summed E-state index contributed by atoms with van der Waals surface area (Å²) < 4.78 is 27.2. The zero-order valence-electron chi connectivity index (χ0n) is 9.01. The summed E-state index contributed by atoms with van der Waals surface area (Å²) in [4.78, 5) is 0.156. The quantitative estimate of drug-likeness (QED) is 0.453. The number of hydrogen-bond donors (Lipinski definition) is 1. The zero-order valence-corrected chi connectivity index (χ0v) is 10.8. The normalized spacial score (nSPS) is 10.6. The van der Waals surface area contributed by atoms with Gasteiger partial charge >= 0.3 is 29.6 Å². The van der Waals surface area contributed by atoms with Crippen molar-refractivity contribution in [2.45, 2.75) is 4.90 Å². The molecule has 0 heterocycles. The minimum atomic E-state index is -3.60. The van der Waals surface area contributed by atoms with Crippen molar-refractivity contribution in [2.24, 2.45) is 5.73 Å². The molecule has 0 aliphatic carbocycles. The summed E-state index contributed by atoms with van der Waals surface area (Å²) in [5.41, 5.74) is 5.12. The minimum absolute atomic E-state index is 0. The van der Waals surface area contributed by atoms with Crippen LogP contribution < -0.4 is 35.3 Å². The first kappa shape index (κ1) is 14.1. The molecule has 0 radical (unpaired) electrons. The Hall–Kier alpha value is 0.0900. The van der Waals surface area contributed by atoms with Gasteiger partial charge in [-0.1, -0.05) is 18.2 Å². The van der Waals surface area contributed by atoms with Crippen molar-refractivity contribution >= 4 is 10.1 Å². The first-order valence-electron chi connectivity index (χ1n) is 3.81. The van der Waals surface area contributed by atoms with Gasteiger partial charge in [0, 0.05) is 6.54 Å². The van der Waals surface area contributed by atoms with Crippen molar-refractivity contribution in [1.82, 2.24) is 0 Å². The summed E-state index contributed by atoms with van der Waals surface area (Å²) >= 11 is 0. The Morgan fingerprint density at radius 1 is 1.29 bits per heavy atom. The molecule has 1 aromatic rings. The third-order valence-electron chi connectivity index (χ3n) is 1.39. The monoisotopic (exact) mass is 225 g/mol. The molecule has 1 aromatic carbocycles. The number of rotatable bonds is 4. The van der Waals surface area contributed by atoms with E-state index in [-0.39, 0.29) is 49.0 Å². The molecule has 0 fully saturated rings. The molecule has 4 nitrogen and oxygen atoms in total. The van der Waals surface area contributed by atoms with E-state index >= 15 is 0 Å². The first-order valence-corrected chi connectivity index (χ1v) is 5.22. The van der Waals surface area contributed by atoms with Crippen LogP contribution in [-0.4, -0.2) is 21.6 Å². The maximum absolute atomic E-state index is 11.3. The summed E-state index contributed by atoms with van der Waals surface area (Å²) in [5, 5.41) is 0. The van der Waals surface area contributed by atoms with E-state index in [1.54, 1.807) is 18.2 Å². The van der Waals surface area contributed by atoms with Gasteiger partial charge in [-0.2, -0.15) is 8.42 Å². The van der Waals surface area contributed by atoms with Gasteiger partial charge in [0.15, 0.2) is 0 Å². The van der Waals surface area contributed by atoms with Gasteiger partial charge in [-0.15, -0.1) is 0 Å². The Labute approximate surface area is 107 Å². The minimum Gasteiger partial charge on any atom is -1.00 e. The molecule has 0 bridgehead atoms. The van der Waals surface area contributed by atoms with Crippen LogP contribution in [0.2, 0.25) is 0 Å². The third kappa shape index (κ3) is 4.08. The van der Waals surface area contributed by atoms with Gasteiger partial charge in [0.25, 0.3) is 10.1 Å². The van der Waals surface area contributed by atoms with Gasteiger partial charge < -0.3 is 7.16 Å². The predicted octanol–water partition coefficient (Wildman–Crippen LogP) is -2.53. The van der Waals surface area contributed by atoms with E-state index in [0.717, 1.165) is 0 Å². The summed E-state index contributed by atoms with van der Waals surface area (Å²) in [6, 6.07) is 7.97. The molecule has 0 saturated heterocycles. The topological polar surface area (TPSA) is 69.4 Å². The molecule has 14 heavy (non-hydrogen) atoms. The smallest absolute Gasteiger partial charge is 1.00 e. The molecule has 2 N–H and O–H groups in total. The van der Waals surface area contributed by atoms with Crippen LogP contribution in [0.4, 0.5) is 0 Å². The fraction of sp³-hybridized carbons (Fsp3) is 0.250. The van der Waals surface area contributed by atoms with Gasteiger partial charge in [-0.3, -0.25) is 4.18 Å². The fourth-order valence-electron chi connectivity index (χ4n) is 0.813. The van der Waals surface area contributed by atoms with Crippen LogP contribution >= 0.6 is 0 Å². The van der Waals surface area contributed by atoms with Crippen molar-refractivity contribution in [1.29, 1.82) is 0 Å². The summed E-state index contributed by atoms with van der Waals surface area (Å²) in [6.07, 6.45) is 0. The van der Waals surface area contributed by atoms with Crippen LogP contribution in [0.25, 0.3) is 0 Å². The van der Waals surface area contributed by atoms with E-state index in [0.29, 0.717) is 0 Å². The molecule has 0 aliphatic rings. The van der Waals surface area contributed by atoms with Crippen molar-refractivity contribution < 1.29 is 43.6 Å². The van der Waals surface area contributed by atoms with E-state index in [1.807, 2.05) is 0 Å². The molecule has 0 atom stereocenters. The Balaban J connectivity index is 0. The van der Waals surface area contributed by atoms with Gasteiger partial charge in [0.1, 0.15) is 0 Å². The molecular weight excluding hydrogens is 213 g/mol. The maximum Gasteiger partial charge on any atom is 1.00 e. The molecule has 0 aliphatic heterocycles. The molecule has 0 spiro atoms. The number of benzene rings is 1. The van der Waals surface area contributed by atoms with E-state index in [9.17, 15) is 8.42 Å². The average Bonchev–Trinajstić information content (AvgIpc) is 2.16. The first-order chi connectivity index (χ1) is 6.17. The number of nitrogens with two attached hydrogens (primary N) is 1. The average molecular weight is 225 g/mol. The molecule has 0 amide bonds. The fourth-order valence-corrected chi connectivity index (χ4v) is 1.76. The molecule has 74 valence electrons. The van der Waals surface area contributed by atoms with Crippen LogP contribution in [-0.2, 0) is 14.3 Å². The van der Waals surface area contributed by atoms with Gasteiger partial charge in [-0.25, -0.2) is 0 Å². The molecule has 0 saturated carbocycles. The number of hydrogen-bond acceptors (Lipinski definition) is 4. The van der Waals surface area contributed by atoms with E-state index in [4.69, 9.17) is 5.73 Å². The van der Waals surface area contributed by atoms with Crippen LogP contribution in [0.15, 0.2) is 35.2 Å². The Morgan fingerprint density at radius 2 is 1.86 bits per heavy atom. The zero-order chi connectivity index (χ0) is 9.73. The van der Waals surface area contributed by atoms with Crippen LogP contribution in [0, 0.1) is 0 Å². The van der Waals surface area contributed by atoms with Crippen molar-refractivity contribution in [2.75, 3.05) is 13.2 Å². The van der Waals surface area contributed by atoms with Crippen LogP contribution in [0.1, 0.15) is 1.43 Å². The largest absolute Gasteiger partial charge is 1.00 e. The Morgan fingerprint density at radius 3 is 2.36 bits per heavy atom.